The van der Waals surface area contributed by atoms with Crippen molar-refractivity contribution in [3.8, 4) is 11.3 Å². The zero-order chi connectivity index (χ0) is 30.8. The number of pyridine rings is 2. The van der Waals surface area contributed by atoms with Crippen molar-refractivity contribution < 1.29 is 18.4 Å². The summed E-state index contributed by atoms with van der Waals surface area (Å²) < 4.78 is 28.1. The molecule has 0 bridgehead atoms. The molecule has 0 spiro atoms. The Balaban J connectivity index is 1.73. The van der Waals surface area contributed by atoms with Gasteiger partial charge in [0.1, 0.15) is 25.0 Å². The number of carbonyl (C=O) groups is 2. The van der Waals surface area contributed by atoms with Gasteiger partial charge in [-0.05, 0) is 37.6 Å². The predicted octanol–water partition coefficient (Wildman–Crippen LogP) is 6.03. The molecule has 2 aliphatic heterocycles. The minimum atomic E-state index is -1.10. The van der Waals surface area contributed by atoms with Crippen molar-refractivity contribution in [2.24, 2.45) is 4.99 Å². The number of hydrogen-bond acceptors (Lipinski definition) is 7. The second-order valence-corrected chi connectivity index (χ2v) is 10.9. The highest BCUT2D eigenvalue weighted by Crippen LogP contribution is 2.44. The van der Waals surface area contributed by atoms with E-state index in [1.165, 1.54) is 12.3 Å². The van der Waals surface area contributed by atoms with Gasteiger partial charge in [0, 0.05) is 43.0 Å². The number of aryl methyl sites for hydroxylation is 1. The van der Waals surface area contributed by atoms with Gasteiger partial charge in [-0.3, -0.25) is 28.3 Å². The van der Waals surface area contributed by atoms with E-state index in [2.05, 4.69) is 23.0 Å². The van der Waals surface area contributed by atoms with Crippen LogP contribution in [-0.4, -0.2) is 76.8 Å². The number of fused-ring (bicyclic) bond motifs is 1. The van der Waals surface area contributed by atoms with Gasteiger partial charge in [0.25, 0.3) is 0 Å². The SMILES string of the molecule is C=CC(=[18O])N1CCN(C2=NC(=C)N(c3c(C)ccnc3C(CF)CF)c3nc(-c4ccccc4C=O)c(Cl)cc32)[C@@H](C)C1. The fourth-order valence-electron chi connectivity index (χ4n) is 5.58. The Labute approximate surface area is 254 Å². The van der Waals surface area contributed by atoms with E-state index in [4.69, 9.17) is 21.6 Å². The molecule has 2 aromatic heterocycles. The predicted molar refractivity (Wildman–Crippen MR) is 164 cm³/mol. The van der Waals surface area contributed by atoms with Crippen LogP contribution in [-0.2, 0) is 4.79 Å². The highest BCUT2D eigenvalue weighted by atomic mass is 35.5. The second-order valence-electron chi connectivity index (χ2n) is 10.5. The monoisotopic (exact) mass is 606 g/mol. The molecular formula is C32H31ClF2N6O2. The van der Waals surface area contributed by atoms with Gasteiger partial charge in [-0.15, -0.1) is 0 Å². The Morgan fingerprint density at radius 3 is 2.63 bits per heavy atom. The number of benzene rings is 1. The Morgan fingerprint density at radius 2 is 1.95 bits per heavy atom. The Morgan fingerprint density at radius 1 is 1.21 bits per heavy atom. The molecule has 43 heavy (non-hydrogen) atoms. The molecule has 8 nitrogen and oxygen atoms in total. The molecule has 0 aliphatic carbocycles. The van der Waals surface area contributed by atoms with Crippen molar-refractivity contribution in [2.45, 2.75) is 25.8 Å². The maximum atomic E-state index is 14.0. The maximum Gasteiger partial charge on any atom is 0.246 e. The molecule has 1 saturated heterocycles. The van der Waals surface area contributed by atoms with Crippen LogP contribution in [0.5, 0.6) is 0 Å². The number of halogens is 3. The number of alkyl halides is 2. The lowest BCUT2D eigenvalue weighted by Crippen LogP contribution is -2.56. The minimum Gasteiger partial charge on any atom is -0.350 e. The summed E-state index contributed by atoms with van der Waals surface area (Å²) in [5.41, 5.74) is 3.18. The van der Waals surface area contributed by atoms with Crippen LogP contribution in [0.2, 0.25) is 5.02 Å². The van der Waals surface area contributed by atoms with Crippen LogP contribution >= 0.6 is 11.6 Å². The van der Waals surface area contributed by atoms with Crippen molar-refractivity contribution in [3.63, 3.8) is 0 Å². The maximum absolute atomic E-state index is 14.0. The molecule has 11 heteroatoms. The molecule has 5 rings (SSSR count). The van der Waals surface area contributed by atoms with Gasteiger partial charge < -0.3 is 9.80 Å². The zero-order valence-corrected chi connectivity index (χ0v) is 24.7. The van der Waals surface area contributed by atoms with Gasteiger partial charge in [0.05, 0.1) is 33.6 Å². The molecule has 0 saturated carbocycles. The number of anilines is 2. The average Bonchev–Trinajstić information content (AvgIpc) is 3.01. The van der Waals surface area contributed by atoms with Crippen LogP contribution in [0.3, 0.4) is 0 Å². The van der Waals surface area contributed by atoms with E-state index in [1.54, 1.807) is 46.2 Å². The van der Waals surface area contributed by atoms with Gasteiger partial charge in [-0.2, -0.15) is 0 Å². The second kappa shape index (κ2) is 12.4. The third-order valence-electron chi connectivity index (χ3n) is 7.77. The molecule has 0 N–H and O–H groups in total. The third-order valence-corrected chi connectivity index (χ3v) is 8.06. The zero-order valence-electron chi connectivity index (χ0n) is 23.9. The number of amides is 1. The Bertz CT molecular complexity index is 1640. The molecule has 4 heterocycles. The quantitative estimate of drug-likeness (QED) is 0.186. The fraction of sp³-hybridized carbons (Fsp3) is 0.281. The van der Waals surface area contributed by atoms with Crippen molar-refractivity contribution in [3.05, 3.63) is 95.1 Å². The molecule has 3 aromatic rings. The lowest BCUT2D eigenvalue weighted by atomic mass is 9.99. The van der Waals surface area contributed by atoms with Crippen molar-refractivity contribution in [2.75, 3.05) is 37.9 Å². The number of aldehydes is 1. The summed E-state index contributed by atoms with van der Waals surface area (Å²) >= 11 is 6.87. The standard InChI is InChI=1S/C32H31ClF2N6O2/c1-5-27(43)39-12-13-40(20(3)17-39)31-25-14-26(33)29(24-9-7-6-8-22(24)18-42)38-32(25)41(21(4)37-31)30-19(2)10-11-36-28(30)23(15-34)16-35/h5-11,14,18,20,23H,1,4,12-13,15-17H2,2-3H3/t20-/m0/s1/i43+2. The topological polar surface area (TPSA) is 82.0 Å². The van der Waals surface area contributed by atoms with Crippen LogP contribution < -0.4 is 4.90 Å². The molecule has 2 aliphatic rings. The first-order valence-corrected chi connectivity index (χ1v) is 14.2. The minimum absolute atomic E-state index is 0.129. The number of aromatic nitrogens is 2. The van der Waals surface area contributed by atoms with E-state index >= 15 is 0 Å². The highest BCUT2D eigenvalue weighted by molar-refractivity contribution is 6.34. The van der Waals surface area contributed by atoms with E-state index in [9.17, 15) is 18.4 Å². The van der Waals surface area contributed by atoms with Crippen molar-refractivity contribution >= 4 is 41.1 Å². The van der Waals surface area contributed by atoms with E-state index in [0.717, 1.165) is 6.29 Å². The largest absolute Gasteiger partial charge is 0.350 e. The van der Waals surface area contributed by atoms with Gasteiger partial charge in [-0.1, -0.05) is 49.0 Å². The first-order valence-electron chi connectivity index (χ1n) is 13.8. The number of amidine groups is 1. The lowest BCUT2D eigenvalue weighted by Gasteiger charge is -2.43. The molecule has 1 aromatic carbocycles. The summed E-state index contributed by atoms with van der Waals surface area (Å²) in [6, 6.07) is 10.3. The van der Waals surface area contributed by atoms with Crippen LogP contribution in [0.15, 0.2) is 72.6 Å². The summed E-state index contributed by atoms with van der Waals surface area (Å²) in [6.45, 7) is 11.1. The first kappa shape index (κ1) is 30.0. The number of aliphatic imine (C=N–C) groups is 1. The molecule has 1 fully saturated rings. The molecular weight excluding hydrogens is 576 g/mol. The van der Waals surface area contributed by atoms with Gasteiger partial charge in [0.2, 0.25) is 5.91 Å². The van der Waals surface area contributed by atoms with E-state index in [0.29, 0.717) is 64.9 Å². The number of piperazine rings is 1. The summed E-state index contributed by atoms with van der Waals surface area (Å²) in [5.74, 6) is -0.0614. The molecule has 0 radical (unpaired) electrons. The van der Waals surface area contributed by atoms with Gasteiger partial charge in [0.15, 0.2) is 12.1 Å². The molecule has 222 valence electrons. The van der Waals surface area contributed by atoms with E-state index in [-0.39, 0.29) is 28.5 Å². The Kier molecular flexibility index (Phi) is 8.68. The first-order chi connectivity index (χ1) is 20.7. The summed E-state index contributed by atoms with van der Waals surface area (Å²) in [4.78, 5) is 43.9. The smallest absolute Gasteiger partial charge is 0.246 e. The van der Waals surface area contributed by atoms with Crippen LogP contribution in [0.4, 0.5) is 20.3 Å². The average molecular weight is 607 g/mol. The summed E-state index contributed by atoms with van der Waals surface area (Å²) in [7, 11) is 0. The van der Waals surface area contributed by atoms with E-state index in [1.807, 2.05) is 13.8 Å². The number of nitrogens with zero attached hydrogens (tertiary/aromatic N) is 6. The van der Waals surface area contributed by atoms with Crippen molar-refractivity contribution in [1.82, 2.24) is 19.8 Å². The lowest BCUT2D eigenvalue weighted by molar-refractivity contribution is -0.128. The van der Waals surface area contributed by atoms with Crippen LogP contribution in [0, 0.1) is 6.92 Å². The van der Waals surface area contributed by atoms with Crippen LogP contribution in [0.25, 0.3) is 11.3 Å². The fourth-order valence-corrected chi connectivity index (χ4v) is 5.83. The van der Waals surface area contributed by atoms with Gasteiger partial charge in [-0.25, -0.2) is 9.98 Å². The highest BCUT2D eigenvalue weighted by Gasteiger charge is 2.37. The molecule has 0 unspecified atom stereocenters. The van der Waals surface area contributed by atoms with Gasteiger partial charge >= 0.3 is 0 Å². The Hall–Kier alpha value is -4.44. The summed E-state index contributed by atoms with van der Waals surface area (Å²) in [5, 5.41) is 0.287. The number of hydrogen-bond donors (Lipinski definition) is 0. The molecule has 1 amide bonds. The summed E-state index contributed by atoms with van der Waals surface area (Å²) in [6.07, 6.45) is 3.55. The third kappa shape index (κ3) is 5.43. The normalized spacial score (nSPS) is 16.7. The number of carbonyl (C=O) groups excluding carboxylic acids is 2. The molecule has 1 atom stereocenters. The van der Waals surface area contributed by atoms with E-state index < -0.39 is 19.3 Å². The van der Waals surface area contributed by atoms with Crippen LogP contribution in [0.1, 0.15) is 40.0 Å². The van der Waals surface area contributed by atoms with Crippen molar-refractivity contribution in [1.29, 1.82) is 0 Å². The number of rotatable bonds is 7.